The summed E-state index contributed by atoms with van der Waals surface area (Å²) >= 11 is 0. The van der Waals surface area contributed by atoms with E-state index in [1.807, 2.05) is 29.6 Å². The quantitative estimate of drug-likeness (QED) is 0.191. The number of rotatable bonds is 11. The Morgan fingerprint density at radius 1 is 1.11 bits per heavy atom. The molecule has 1 saturated heterocycles. The number of aromatic amines is 1. The molecule has 1 aromatic heterocycles. The molecular weight excluding hydrogens is 474 g/mol. The summed E-state index contributed by atoms with van der Waals surface area (Å²) in [4.78, 5) is 65.3. The van der Waals surface area contributed by atoms with Crippen LogP contribution in [-0.4, -0.2) is 92.2 Å². The third-order valence-electron chi connectivity index (χ3n) is 6.08. The largest absolute Gasteiger partial charge is 0.481 e. The monoisotopic (exact) mass is 503 g/mol. The summed E-state index contributed by atoms with van der Waals surface area (Å²) in [6.07, 6.45) is 1.97. The summed E-state index contributed by atoms with van der Waals surface area (Å²) in [5.74, 6) is -5.23. The first-order chi connectivity index (χ1) is 17.1. The molecule has 8 N–H and O–H groups in total. The molecule has 2 aromatic rings. The fraction of sp³-hybridized carbons (Fsp3) is 0.435. The Hall–Kier alpha value is -3.97. The van der Waals surface area contributed by atoms with E-state index < -0.39 is 66.9 Å². The summed E-state index contributed by atoms with van der Waals surface area (Å²) in [7, 11) is 0. The lowest BCUT2D eigenvalue weighted by atomic mass is 10.0. The molecule has 3 amide bonds. The van der Waals surface area contributed by atoms with E-state index in [2.05, 4.69) is 10.3 Å². The average molecular weight is 504 g/mol. The minimum Gasteiger partial charge on any atom is -0.481 e. The van der Waals surface area contributed by atoms with Crippen molar-refractivity contribution in [2.24, 2.45) is 5.73 Å². The van der Waals surface area contributed by atoms with Gasteiger partial charge in [0.2, 0.25) is 17.7 Å². The zero-order chi connectivity index (χ0) is 26.4. The van der Waals surface area contributed by atoms with Crippen molar-refractivity contribution in [1.29, 1.82) is 0 Å². The average Bonchev–Trinajstić information content (AvgIpc) is 3.48. The van der Waals surface area contributed by atoms with Crippen molar-refractivity contribution in [3.05, 3.63) is 36.0 Å². The zero-order valence-corrected chi connectivity index (χ0v) is 19.3. The van der Waals surface area contributed by atoms with Crippen LogP contribution in [-0.2, 0) is 30.4 Å². The number of aliphatic carboxylic acids is 2. The zero-order valence-electron chi connectivity index (χ0n) is 19.3. The van der Waals surface area contributed by atoms with Crippen molar-refractivity contribution in [2.75, 3.05) is 13.2 Å². The van der Waals surface area contributed by atoms with Gasteiger partial charge in [0.05, 0.1) is 19.1 Å². The number of aliphatic hydroxyl groups excluding tert-OH is 1. The van der Waals surface area contributed by atoms with Gasteiger partial charge in [0.1, 0.15) is 18.1 Å². The lowest BCUT2D eigenvalue weighted by Crippen LogP contribution is -2.57. The van der Waals surface area contributed by atoms with Gasteiger partial charge in [-0.1, -0.05) is 18.2 Å². The number of para-hydroxylation sites is 1. The molecule has 2 heterocycles. The molecule has 0 saturated carbocycles. The van der Waals surface area contributed by atoms with Gasteiger partial charge in [0.15, 0.2) is 0 Å². The van der Waals surface area contributed by atoms with E-state index >= 15 is 0 Å². The van der Waals surface area contributed by atoms with E-state index in [0.29, 0.717) is 6.42 Å². The number of carbonyl (C=O) groups is 5. The summed E-state index contributed by atoms with van der Waals surface area (Å²) in [5, 5.41) is 32.5. The Balaban J connectivity index is 1.68. The number of aliphatic hydroxyl groups is 1. The van der Waals surface area contributed by atoms with Crippen LogP contribution in [0.2, 0.25) is 0 Å². The maximum atomic E-state index is 13.1. The van der Waals surface area contributed by atoms with E-state index in [9.17, 15) is 24.0 Å². The van der Waals surface area contributed by atoms with Gasteiger partial charge in [-0.25, -0.2) is 4.79 Å². The minimum atomic E-state index is -1.67. The van der Waals surface area contributed by atoms with E-state index in [4.69, 9.17) is 21.1 Å². The second-order valence-electron chi connectivity index (χ2n) is 8.60. The first kappa shape index (κ1) is 26.6. The van der Waals surface area contributed by atoms with Crippen molar-refractivity contribution in [1.82, 2.24) is 20.5 Å². The fourth-order valence-corrected chi connectivity index (χ4v) is 4.25. The lowest BCUT2D eigenvalue weighted by Gasteiger charge is -2.28. The van der Waals surface area contributed by atoms with Crippen molar-refractivity contribution in [2.45, 2.75) is 49.9 Å². The second kappa shape index (κ2) is 11.6. The second-order valence-corrected chi connectivity index (χ2v) is 8.60. The van der Waals surface area contributed by atoms with Gasteiger partial charge >= 0.3 is 11.9 Å². The maximum absolute atomic E-state index is 13.1. The van der Waals surface area contributed by atoms with Crippen LogP contribution in [0.4, 0.5) is 0 Å². The molecule has 13 heteroatoms. The fourth-order valence-electron chi connectivity index (χ4n) is 4.25. The van der Waals surface area contributed by atoms with Crippen LogP contribution < -0.4 is 16.4 Å². The number of fused-ring (bicyclic) bond motifs is 1. The minimum absolute atomic E-state index is 0.232. The Labute approximate surface area is 205 Å². The highest BCUT2D eigenvalue weighted by atomic mass is 16.4. The number of carboxylic acid groups (broad SMARTS) is 2. The van der Waals surface area contributed by atoms with Gasteiger partial charge in [0.25, 0.3) is 0 Å². The molecule has 4 unspecified atom stereocenters. The summed E-state index contributed by atoms with van der Waals surface area (Å²) < 4.78 is 0. The van der Waals surface area contributed by atoms with Crippen LogP contribution in [0.3, 0.4) is 0 Å². The van der Waals surface area contributed by atoms with Crippen LogP contribution in [0.5, 0.6) is 0 Å². The number of hydrogen-bond acceptors (Lipinski definition) is 7. The number of nitrogens with two attached hydrogens (primary N) is 1. The molecule has 13 nitrogen and oxygen atoms in total. The third-order valence-corrected chi connectivity index (χ3v) is 6.08. The summed E-state index contributed by atoms with van der Waals surface area (Å²) in [6.45, 7) is -0.659. The van der Waals surface area contributed by atoms with Crippen molar-refractivity contribution in [3.8, 4) is 0 Å². The predicted molar refractivity (Wildman–Crippen MR) is 126 cm³/mol. The lowest BCUT2D eigenvalue weighted by molar-refractivity contribution is -0.145. The molecule has 0 spiro atoms. The van der Waals surface area contributed by atoms with Gasteiger partial charge in [-0.2, -0.15) is 0 Å². The molecule has 4 atom stereocenters. The van der Waals surface area contributed by atoms with Crippen molar-refractivity contribution >= 4 is 40.6 Å². The number of H-pyrrole nitrogens is 1. The molecule has 0 aliphatic carbocycles. The molecule has 36 heavy (non-hydrogen) atoms. The van der Waals surface area contributed by atoms with Crippen LogP contribution in [0, 0.1) is 0 Å². The third kappa shape index (κ3) is 6.17. The molecule has 1 fully saturated rings. The van der Waals surface area contributed by atoms with E-state index in [-0.39, 0.29) is 19.4 Å². The molecule has 3 rings (SSSR count). The normalized spacial score (nSPS) is 17.8. The molecule has 0 bridgehead atoms. The van der Waals surface area contributed by atoms with Crippen LogP contribution in [0.15, 0.2) is 30.5 Å². The molecule has 1 aliphatic rings. The van der Waals surface area contributed by atoms with E-state index in [1.165, 1.54) is 4.90 Å². The summed E-state index contributed by atoms with van der Waals surface area (Å²) in [5.41, 5.74) is 7.95. The maximum Gasteiger partial charge on any atom is 0.328 e. The number of carbonyl (C=O) groups excluding carboxylic acids is 3. The van der Waals surface area contributed by atoms with Crippen LogP contribution >= 0.6 is 0 Å². The van der Waals surface area contributed by atoms with E-state index in [1.54, 1.807) is 6.20 Å². The van der Waals surface area contributed by atoms with Crippen molar-refractivity contribution < 1.29 is 39.3 Å². The predicted octanol–water partition coefficient (Wildman–Crippen LogP) is -1.45. The smallest absolute Gasteiger partial charge is 0.328 e. The van der Waals surface area contributed by atoms with Crippen LogP contribution in [0.25, 0.3) is 10.9 Å². The number of amides is 3. The number of nitrogens with one attached hydrogen (secondary N) is 3. The Morgan fingerprint density at radius 2 is 1.83 bits per heavy atom. The van der Waals surface area contributed by atoms with Gasteiger partial charge in [0, 0.05) is 23.6 Å². The molecule has 1 aromatic carbocycles. The number of benzene rings is 1. The Bertz CT molecular complexity index is 1150. The Morgan fingerprint density at radius 3 is 2.50 bits per heavy atom. The highest BCUT2D eigenvalue weighted by Gasteiger charge is 2.38. The van der Waals surface area contributed by atoms with Gasteiger partial charge in [-0.3, -0.25) is 19.2 Å². The molecule has 194 valence electrons. The van der Waals surface area contributed by atoms with Gasteiger partial charge in [-0.05, 0) is 30.9 Å². The number of likely N-dealkylation sites (tertiary alicyclic amines) is 1. The van der Waals surface area contributed by atoms with Gasteiger partial charge < -0.3 is 41.6 Å². The molecule has 0 radical (unpaired) electrons. The number of nitrogens with zero attached hydrogens (tertiary/aromatic N) is 1. The standard InChI is InChI=1S/C23H29N5O8/c24-14(8-12-10-25-15-5-2-1-4-13(12)15)22(34)28-7-3-6-18(28)21(33)26-16(9-19(30)31)20(32)27-17(11-29)23(35)36/h1-2,4-5,10,14,16-18,25,29H,3,6-9,11,24H2,(H,26,33)(H,27,32)(H,30,31)(H,35,36). The van der Waals surface area contributed by atoms with E-state index in [0.717, 1.165) is 16.5 Å². The topological polar surface area (TPSA) is 215 Å². The summed E-state index contributed by atoms with van der Waals surface area (Å²) in [6, 6.07) is 2.38. The van der Waals surface area contributed by atoms with Crippen LogP contribution in [0.1, 0.15) is 24.8 Å². The number of carboxylic acids is 2. The van der Waals surface area contributed by atoms with Gasteiger partial charge in [-0.15, -0.1) is 0 Å². The van der Waals surface area contributed by atoms with Crippen molar-refractivity contribution in [3.63, 3.8) is 0 Å². The SMILES string of the molecule is NC(Cc1c[nH]c2ccccc12)C(=O)N1CCCC1C(=O)NC(CC(=O)O)C(=O)NC(CO)C(=O)O. The Kier molecular flexibility index (Phi) is 8.61. The molecular formula is C23H29N5O8. The highest BCUT2D eigenvalue weighted by Crippen LogP contribution is 2.22. The molecule has 1 aliphatic heterocycles. The first-order valence-corrected chi connectivity index (χ1v) is 11.4. The highest BCUT2D eigenvalue weighted by molar-refractivity contribution is 5.96. The number of hydrogen-bond donors (Lipinski definition) is 7. The first-order valence-electron chi connectivity index (χ1n) is 11.4. The number of aromatic nitrogens is 1.